The van der Waals surface area contributed by atoms with E-state index in [9.17, 15) is 9.59 Å². The molecular formula is C24H36N2O3. The van der Waals surface area contributed by atoms with Gasteiger partial charge in [0.25, 0.3) is 5.56 Å². The van der Waals surface area contributed by atoms with E-state index in [0.717, 1.165) is 11.3 Å². The van der Waals surface area contributed by atoms with Gasteiger partial charge in [-0.05, 0) is 46.8 Å². The Morgan fingerprint density at radius 2 is 1.59 bits per heavy atom. The van der Waals surface area contributed by atoms with Crippen LogP contribution in [0.1, 0.15) is 83.2 Å². The first-order valence-electron chi connectivity index (χ1n) is 10.4. The van der Waals surface area contributed by atoms with E-state index in [-0.39, 0.29) is 34.7 Å². The van der Waals surface area contributed by atoms with Gasteiger partial charge in [-0.2, -0.15) is 0 Å². The lowest BCUT2D eigenvalue weighted by Gasteiger charge is -2.28. The summed E-state index contributed by atoms with van der Waals surface area (Å²) in [7, 11) is 1.70. The Hall–Kier alpha value is -2.30. The molecule has 1 heterocycles. The van der Waals surface area contributed by atoms with Gasteiger partial charge in [-0.3, -0.25) is 19.4 Å². The molecule has 1 unspecified atom stereocenters. The number of esters is 1. The molecule has 0 amide bonds. The minimum absolute atomic E-state index is 0.00839. The third-order valence-corrected chi connectivity index (χ3v) is 5.28. The molecule has 0 radical (unpaired) electrons. The van der Waals surface area contributed by atoms with E-state index in [4.69, 9.17) is 4.74 Å². The highest BCUT2D eigenvalue weighted by Crippen LogP contribution is 2.34. The van der Waals surface area contributed by atoms with Gasteiger partial charge < -0.3 is 4.74 Å². The predicted molar refractivity (Wildman–Crippen MR) is 118 cm³/mol. The number of hydrogen-bond acceptors (Lipinski definition) is 3. The Kier molecular flexibility index (Phi) is 6.82. The van der Waals surface area contributed by atoms with Crippen molar-refractivity contribution in [2.75, 3.05) is 6.61 Å². The number of rotatable bonds is 6. The molecule has 2 aromatic rings. The second kappa shape index (κ2) is 8.60. The van der Waals surface area contributed by atoms with E-state index < -0.39 is 0 Å². The van der Waals surface area contributed by atoms with E-state index >= 15 is 0 Å². The summed E-state index contributed by atoms with van der Waals surface area (Å²) in [5, 5.41) is 3.09. The summed E-state index contributed by atoms with van der Waals surface area (Å²) in [5.74, 6) is -0.287. The molecule has 0 fully saturated rings. The van der Waals surface area contributed by atoms with Gasteiger partial charge in [-0.25, -0.2) is 0 Å². The number of carbonyl (C=O) groups is 1. The van der Waals surface area contributed by atoms with Crippen LogP contribution in [0.3, 0.4) is 0 Å². The second-order valence-electron chi connectivity index (χ2n) is 9.93. The number of nitrogens with one attached hydrogen (secondary N) is 1. The van der Waals surface area contributed by atoms with Crippen LogP contribution in [0.4, 0.5) is 0 Å². The first-order chi connectivity index (χ1) is 13.3. The maximum Gasteiger partial charge on any atom is 0.306 e. The molecule has 0 aliphatic carbocycles. The molecule has 5 nitrogen and oxygen atoms in total. The molecule has 0 aliphatic rings. The molecule has 0 bridgehead atoms. The Morgan fingerprint density at radius 3 is 2.00 bits per heavy atom. The van der Waals surface area contributed by atoms with Crippen LogP contribution in [-0.2, 0) is 33.8 Å². The zero-order chi connectivity index (χ0) is 22.0. The summed E-state index contributed by atoms with van der Waals surface area (Å²) in [6.07, 6.45) is 0.855. The molecule has 2 rings (SSSR count). The Labute approximate surface area is 174 Å². The van der Waals surface area contributed by atoms with Gasteiger partial charge in [0, 0.05) is 18.8 Å². The van der Waals surface area contributed by atoms with E-state index in [1.54, 1.807) is 13.1 Å². The highest BCUT2D eigenvalue weighted by Gasteiger charge is 2.25. The second-order valence-corrected chi connectivity index (χ2v) is 9.93. The summed E-state index contributed by atoms with van der Waals surface area (Å²) in [6.45, 7) is 15.4. The van der Waals surface area contributed by atoms with E-state index in [0.29, 0.717) is 13.0 Å². The topological polar surface area (TPSA) is 64.1 Å². The highest BCUT2D eigenvalue weighted by molar-refractivity contribution is 5.70. The fraction of sp³-hybridized carbons (Fsp3) is 0.583. The molecule has 0 spiro atoms. The van der Waals surface area contributed by atoms with Crippen molar-refractivity contribution in [3.63, 3.8) is 0 Å². The predicted octanol–water partition coefficient (Wildman–Crippen LogP) is 4.59. The summed E-state index contributed by atoms with van der Waals surface area (Å²) >= 11 is 0. The molecular weight excluding hydrogens is 364 g/mol. The van der Waals surface area contributed by atoms with Crippen molar-refractivity contribution in [1.82, 2.24) is 9.78 Å². The van der Waals surface area contributed by atoms with Crippen molar-refractivity contribution in [1.29, 1.82) is 0 Å². The van der Waals surface area contributed by atoms with Gasteiger partial charge in [0.1, 0.15) is 0 Å². The maximum absolute atomic E-state index is 12.4. The van der Waals surface area contributed by atoms with Crippen molar-refractivity contribution in [3.8, 4) is 0 Å². The number of hydrogen-bond donors (Lipinski definition) is 1. The van der Waals surface area contributed by atoms with E-state index in [1.165, 1.54) is 15.8 Å². The van der Waals surface area contributed by atoms with Crippen LogP contribution in [0.15, 0.2) is 29.1 Å². The number of aryl methyl sites for hydroxylation is 1. The number of H-pyrrole nitrogens is 1. The SMILES string of the molecule is CCOC(=O)CC(Cc1cc(=O)n(C)[nH]1)c1cc(C(C)(C)C)cc(C(C)(C)C)c1. The van der Waals surface area contributed by atoms with Crippen molar-refractivity contribution in [2.45, 2.75) is 78.1 Å². The molecule has 1 aromatic carbocycles. The van der Waals surface area contributed by atoms with Gasteiger partial charge >= 0.3 is 5.97 Å². The number of aromatic nitrogens is 2. The molecule has 0 aliphatic heterocycles. The fourth-order valence-electron chi connectivity index (χ4n) is 3.40. The third-order valence-electron chi connectivity index (χ3n) is 5.28. The number of ether oxygens (including phenoxy) is 1. The van der Waals surface area contributed by atoms with Crippen LogP contribution in [0.2, 0.25) is 0 Å². The van der Waals surface area contributed by atoms with Crippen molar-refractivity contribution in [3.05, 3.63) is 57.0 Å². The molecule has 0 saturated carbocycles. The summed E-state index contributed by atoms with van der Waals surface area (Å²) < 4.78 is 6.70. The van der Waals surface area contributed by atoms with Crippen molar-refractivity contribution >= 4 is 5.97 Å². The van der Waals surface area contributed by atoms with Gasteiger partial charge in [0.2, 0.25) is 0 Å². The highest BCUT2D eigenvalue weighted by atomic mass is 16.5. The van der Waals surface area contributed by atoms with Gasteiger partial charge in [0.15, 0.2) is 0 Å². The first kappa shape index (κ1) is 23.0. The zero-order valence-corrected chi connectivity index (χ0v) is 19.2. The average Bonchev–Trinajstić information content (AvgIpc) is 2.90. The van der Waals surface area contributed by atoms with Crippen LogP contribution in [-0.4, -0.2) is 22.4 Å². The lowest BCUT2D eigenvalue weighted by molar-refractivity contribution is -0.143. The van der Waals surface area contributed by atoms with Gasteiger partial charge in [-0.1, -0.05) is 59.7 Å². The largest absolute Gasteiger partial charge is 0.466 e. The fourth-order valence-corrected chi connectivity index (χ4v) is 3.40. The molecule has 1 atom stereocenters. The maximum atomic E-state index is 12.4. The van der Waals surface area contributed by atoms with Crippen LogP contribution < -0.4 is 5.56 Å². The van der Waals surface area contributed by atoms with Crippen LogP contribution in [0.25, 0.3) is 0 Å². The minimum Gasteiger partial charge on any atom is -0.466 e. The van der Waals surface area contributed by atoms with Crippen molar-refractivity contribution in [2.24, 2.45) is 7.05 Å². The van der Waals surface area contributed by atoms with E-state index in [2.05, 4.69) is 64.8 Å². The Morgan fingerprint density at radius 1 is 1.03 bits per heavy atom. The molecule has 1 aromatic heterocycles. The normalized spacial score (nSPS) is 13.4. The third kappa shape index (κ3) is 6.09. The van der Waals surface area contributed by atoms with Crippen LogP contribution >= 0.6 is 0 Å². The van der Waals surface area contributed by atoms with Gasteiger partial charge in [-0.15, -0.1) is 0 Å². The molecule has 1 N–H and O–H groups in total. The zero-order valence-electron chi connectivity index (χ0n) is 19.2. The molecule has 160 valence electrons. The molecule has 5 heteroatoms. The van der Waals surface area contributed by atoms with E-state index in [1.807, 2.05) is 6.92 Å². The monoisotopic (exact) mass is 400 g/mol. The lowest BCUT2D eigenvalue weighted by atomic mass is 9.77. The minimum atomic E-state index is -0.214. The standard InChI is InChI=1S/C24H36N2O3/c1-9-29-22(28)13-17(12-20-15-21(27)26(8)25-20)16-10-18(23(2,3)4)14-19(11-16)24(5,6)7/h10-11,14-15,17,25H,9,12-13H2,1-8H3. The van der Waals surface area contributed by atoms with Crippen LogP contribution in [0, 0.1) is 0 Å². The van der Waals surface area contributed by atoms with Crippen molar-refractivity contribution < 1.29 is 9.53 Å². The number of carbonyl (C=O) groups excluding carboxylic acids is 1. The summed E-state index contributed by atoms with van der Waals surface area (Å²) in [6, 6.07) is 8.30. The Balaban J connectivity index is 2.55. The van der Waals surface area contributed by atoms with Gasteiger partial charge in [0.05, 0.1) is 13.0 Å². The molecule has 0 saturated heterocycles. The quantitative estimate of drug-likeness (QED) is 0.722. The summed E-state index contributed by atoms with van der Waals surface area (Å²) in [4.78, 5) is 24.2. The first-order valence-corrected chi connectivity index (χ1v) is 10.4. The number of benzene rings is 1. The number of aromatic amines is 1. The smallest absolute Gasteiger partial charge is 0.306 e. The summed E-state index contributed by atoms with van der Waals surface area (Å²) in [5.41, 5.74) is 4.33. The Bertz CT molecular complexity index is 875. The number of nitrogens with zero attached hydrogens (tertiary/aromatic N) is 1. The molecule has 29 heavy (non-hydrogen) atoms. The lowest BCUT2D eigenvalue weighted by Crippen LogP contribution is -2.19. The van der Waals surface area contributed by atoms with Crippen LogP contribution in [0.5, 0.6) is 0 Å². The average molecular weight is 401 g/mol.